The van der Waals surface area contributed by atoms with E-state index in [4.69, 9.17) is 25.8 Å². The fourth-order valence-corrected chi connectivity index (χ4v) is 3.38. The summed E-state index contributed by atoms with van der Waals surface area (Å²) in [5.41, 5.74) is 1.59. The topological polar surface area (TPSA) is 82.6 Å². The molecule has 1 amide bonds. The highest BCUT2D eigenvalue weighted by Crippen LogP contribution is 2.38. The molecule has 0 saturated carbocycles. The van der Waals surface area contributed by atoms with Gasteiger partial charge in [0.15, 0.2) is 11.5 Å². The Labute approximate surface area is 176 Å². The molecule has 3 aromatic rings. The molecule has 0 aliphatic heterocycles. The number of anilines is 1. The van der Waals surface area contributed by atoms with E-state index in [2.05, 4.69) is 15.5 Å². The van der Waals surface area contributed by atoms with E-state index in [-0.39, 0.29) is 5.91 Å². The highest BCUT2D eigenvalue weighted by atomic mass is 35.5. The van der Waals surface area contributed by atoms with Gasteiger partial charge in [0.1, 0.15) is 5.01 Å². The molecule has 1 heterocycles. The van der Waals surface area contributed by atoms with Crippen molar-refractivity contribution in [3.63, 3.8) is 0 Å². The van der Waals surface area contributed by atoms with E-state index in [0.717, 1.165) is 5.56 Å². The molecule has 0 spiro atoms. The van der Waals surface area contributed by atoms with Crippen LogP contribution in [0.4, 0.5) is 5.13 Å². The summed E-state index contributed by atoms with van der Waals surface area (Å²) in [6.07, 6.45) is 3.03. The smallest absolute Gasteiger partial charge is 0.250 e. The zero-order valence-corrected chi connectivity index (χ0v) is 17.5. The Bertz CT molecular complexity index is 1010. The summed E-state index contributed by atoms with van der Waals surface area (Å²) < 4.78 is 15.9. The van der Waals surface area contributed by atoms with Gasteiger partial charge in [0.05, 0.1) is 21.3 Å². The number of carbonyl (C=O) groups excluding carboxylic acids is 1. The molecule has 1 aromatic heterocycles. The van der Waals surface area contributed by atoms with Gasteiger partial charge >= 0.3 is 0 Å². The number of hydrogen-bond acceptors (Lipinski definition) is 7. The first-order valence-electron chi connectivity index (χ1n) is 8.42. The van der Waals surface area contributed by atoms with E-state index in [1.165, 1.54) is 38.7 Å². The molecular weight excluding hydrogens is 414 g/mol. The van der Waals surface area contributed by atoms with Crippen LogP contribution < -0.4 is 19.5 Å². The molecule has 1 N–H and O–H groups in total. The summed E-state index contributed by atoms with van der Waals surface area (Å²) in [6.45, 7) is 0. The van der Waals surface area contributed by atoms with Gasteiger partial charge in [0.25, 0.3) is 0 Å². The Morgan fingerprint density at radius 3 is 2.28 bits per heavy atom. The van der Waals surface area contributed by atoms with Crippen LogP contribution in [0.2, 0.25) is 5.02 Å². The summed E-state index contributed by atoms with van der Waals surface area (Å²) in [6, 6.07) is 10.7. The molecule has 0 saturated heterocycles. The zero-order valence-electron chi connectivity index (χ0n) is 15.9. The fraction of sp³-hybridized carbons (Fsp3) is 0.150. The maximum atomic E-state index is 12.2. The van der Waals surface area contributed by atoms with Crippen LogP contribution in [0.1, 0.15) is 5.56 Å². The summed E-state index contributed by atoms with van der Waals surface area (Å²) in [5.74, 6) is 1.16. The number of ether oxygens (including phenoxy) is 3. The second kappa shape index (κ2) is 9.40. The van der Waals surface area contributed by atoms with E-state index >= 15 is 0 Å². The van der Waals surface area contributed by atoms with Gasteiger partial charge in [-0.3, -0.25) is 10.1 Å². The van der Waals surface area contributed by atoms with Crippen molar-refractivity contribution >= 4 is 40.1 Å². The van der Waals surface area contributed by atoms with Crippen LogP contribution in [-0.4, -0.2) is 37.4 Å². The van der Waals surface area contributed by atoms with Crippen LogP contribution in [0.5, 0.6) is 17.2 Å². The normalized spacial score (nSPS) is 10.8. The van der Waals surface area contributed by atoms with Crippen molar-refractivity contribution in [2.45, 2.75) is 0 Å². The molecule has 0 bridgehead atoms. The number of amides is 1. The Morgan fingerprint density at radius 1 is 1.03 bits per heavy atom. The van der Waals surface area contributed by atoms with Gasteiger partial charge in [-0.05, 0) is 35.9 Å². The molecule has 0 fully saturated rings. The number of benzene rings is 2. The number of halogens is 1. The van der Waals surface area contributed by atoms with Gasteiger partial charge in [-0.15, -0.1) is 10.2 Å². The van der Waals surface area contributed by atoms with E-state index < -0.39 is 0 Å². The number of nitrogens with one attached hydrogen (secondary N) is 1. The molecule has 0 unspecified atom stereocenters. The molecule has 29 heavy (non-hydrogen) atoms. The van der Waals surface area contributed by atoms with Gasteiger partial charge in [0.2, 0.25) is 16.8 Å². The lowest BCUT2D eigenvalue weighted by atomic mass is 10.1. The lowest BCUT2D eigenvalue weighted by Gasteiger charge is -2.12. The number of hydrogen-bond donors (Lipinski definition) is 1. The highest BCUT2D eigenvalue weighted by molar-refractivity contribution is 7.18. The Kier molecular flexibility index (Phi) is 6.69. The predicted molar refractivity (Wildman–Crippen MR) is 114 cm³/mol. The van der Waals surface area contributed by atoms with Crippen LogP contribution in [0, 0.1) is 0 Å². The maximum absolute atomic E-state index is 12.2. The SMILES string of the molecule is COc1cc(/C=C/C(=O)Nc2nnc(-c3ccc(Cl)cc3)s2)cc(OC)c1OC. The van der Waals surface area contributed by atoms with E-state index in [1.54, 1.807) is 30.3 Å². The summed E-state index contributed by atoms with van der Waals surface area (Å²) in [7, 11) is 4.60. The molecule has 150 valence electrons. The largest absolute Gasteiger partial charge is 0.493 e. The lowest BCUT2D eigenvalue weighted by molar-refractivity contribution is -0.111. The van der Waals surface area contributed by atoms with Crippen molar-refractivity contribution in [1.82, 2.24) is 10.2 Å². The summed E-state index contributed by atoms with van der Waals surface area (Å²) in [5, 5.41) is 12.5. The van der Waals surface area contributed by atoms with Crippen molar-refractivity contribution in [3.05, 3.63) is 53.1 Å². The van der Waals surface area contributed by atoms with E-state index in [9.17, 15) is 4.79 Å². The van der Waals surface area contributed by atoms with Gasteiger partial charge in [-0.25, -0.2) is 0 Å². The van der Waals surface area contributed by atoms with E-state index in [0.29, 0.717) is 38.0 Å². The van der Waals surface area contributed by atoms with Crippen LogP contribution in [-0.2, 0) is 4.79 Å². The number of nitrogens with zero attached hydrogens (tertiary/aromatic N) is 2. The molecule has 0 aliphatic carbocycles. The van der Waals surface area contributed by atoms with E-state index in [1.807, 2.05) is 12.1 Å². The van der Waals surface area contributed by atoms with Crippen LogP contribution >= 0.6 is 22.9 Å². The monoisotopic (exact) mass is 431 g/mol. The second-order valence-electron chi connectivity index (χ2n) is 5.70. The Balaban J connectivity index is 1.71. The Morgan fingerprint density at radius 2 is 1.69 bits per heavy atom. The predicted octanol–water partition coefficient (Wildman–Crippen LogP) is 4.54. The molecule has 3 rings (SSSR count). The first-order chi connectivity index (χ1) is 14.0. The standard InChI is InChI=1S/C20H18ClN3O4S/c1-26-15-10-12(11-16(27-2)18(15)28-3)4-9-17(25)22-20-24-23-19(29-20)13-5-7-14(21)8-6-13/h4-11H,1-3H3,(H,22,24,25)/b9-4+. The third-order valence-corrected chi connectivity index (χ3v) is 5.00. The second-order valence-corrected chi connectivity index (χ2v) is 7.11. The lowest BCUT2D eigenvalue weighted by Crippen LogP contribution is -2.07. The van der Waals surface area contributed by atoms with Gasteiger partial charge in [0, 0.05) is 16.7 Å². The molecule has 2 aromatic carbocycles. The minimum Gasteiger partial charge on any atom is -0.493 e. The first kappa shape index (κ1) is 20.6. The van der Waals surface area contributed by atoms with Crippen molar-refractivity contribution in [1.29, 1.82) is 0 Å². The molecule has 7 nitrogen and oxygen atoms in total. The highest BCUT2D eigenvalue weighted by Gasteiger charge is 2.12. The average molecular weight is 432 g/mol. The van der Waals surface area contributed by atoms with Gasteiger partial charge in [-0.1, -0.05) is 35.1 Å². The number of methoxy groups -OCH3 is 3. The number of carbonyl (C=O) groups is 1. The van der Waals surface area contributed by atoms with Crippen molar-refractivity contribution in [3.8, 4) is 27.8 Å². The van der Waals surface area contributed by atoms with Gasteiger partial charge in [-0.2, -0.15) is 0 Å². The third kappa shape index (κ3) is 5.04. The maximum Gasteiger partial charge on any atom is 0.250 e. The summed E-state index contributed by atoms with van der Waals surface area (Å²) >= 11 is 7.16. The fourth-order valence-electron chi connectivity index (χ4n) is 2.50. The van der Waals surface area contributed by atoms with Crippen LogP contribution in [0.3, 0.4) is 0 Å². The van der Waals surface area contributed by atoms with Crippen LogP contribution in [0.25, 0.3) is 16.6 Å². The first-order valence-corrected chi connectivity index (χ1v) is 9.62. The van der Waals surface area contributed by atoms with Crippen LogP contribution in [0.15, 0.2) is 42.5 Å². The van der Waals surface area contributed by atoms with Gasteiger partial charge < -0.3 is 14.2 Å². The number of aromatic nitrogens is 2. The third-order valence-electron chi connectivity index (χ3n) is 3.86. The summed E-state index contributed by atoms with van der Waals surface area (Å²) in [4.78, 5) is 12.2. The van der Waals surface area contributed by atoms with Crippen molar-refractivity contribution < 1.29 is 19.0 Å². The average Bonchev–Trinajstić information content (AvgIpc) is 3.20. The minimum absolute atomic E-state index is 0.336. The molecule has 9 heteroatoms. The minimum atomic E-state index is -0.336. The quantitative estimate of drug-likeness (QED) is 0.553. The molecule has 0 atom stereocenters. The van der Waals surface area contributed by atoms with Crippen molar-refractivity contribution in [2.75, 3.05) is 26.6 Å². The zero-order chi connectivity index (χ0) is 20.8. The number of rotatable bonds is 7. The molecule has 0 radical (unpaired) electrons. The Hall–Kier alpha value is -3.10. The molecular formula is C20H18ClN3O4S. The van der Waals surface area contributed by atoms with Crippen molar-refractivity contribution in [2.24, 2.45) is 0 Å². The molecule has 0 aliphatic rings.